The van der Waals surface area contributed by atoms with Crippen molar-refractivity contribution in [2.75, 3.05) is 13.7 Å². The zero-order valence-corrected chi connectivity index (χ0v) is 10.1. The van der Waals surface area contributed by atoms with Crippen LogP contribution in [0.15, 0.2) is 0 Å². The van der Waals surface area contributed by atoms with Gasteiger partial charge in [0.05, 0.1) is 6.10 Å². The maximum atomic E-state index is 12.9. The number of methoxy groups -OCH3 is 1. The Labute approximate surface area is 96.0 Å². The molecule has 2 nitrogen and oxygen atoms in total. The zero-order valence-electron chi connectivity index (χ0n) is 10.1. The summed E-state index contributed by atoms with van der Waals surface area (Å²) >= 11 is 0. The summed E-state index contributed by atoms with van der Waals surface area (Å²) in [5.41, 5.74) is 0. The first kappa shape index (κ1) is 13.8. The number of rotatable bonds is 5. The molecule has 4 heteroatoms. The molecule has 0 bridgehead atoms. The van der Waals surface area contributed by atoms with E-state index < -0.39 is 12.0 Å². The van der Waals surface area contributed by atoms with E-state index in [1.54, 1.807) is 7.11 Å². The van der Waals surface area contributed by atoms with Gasteiger partial charge in [-0.05, 0) is 31.1 Å². The molecular weight excluding hydrogens is 214 g/mol. The summed E-state index contributed by atoms with van der Waals surface area (Å²) in [7, 11) is 1.63. The molecule has 1 rings (SSSR count). The fraction of sp³-hybridized carbons (Fsp3) is 1.00. The van der Waals surface area contributed by atoms with E-state index in [0.717, 1.165) is 6.42 Å². The highest BCUT2D eigenvalue weighted by Crippen LogP contribution is 2.38. The van der Waals surface area contributed by atoms with Crippen LogP contribution in [0.5, 0.6) is 0 Å². The summed E-state index contributed by atoms with van der Waals surface area (Å²) in [5, 5.41) is 10.0. The van der Waals surface area contributed by atoms with Crippen LogP contribution in [0.4, 0.5) is 8.78 Å². The Bertz CT molecular complexity index is 199. The molecule has 0 heterocycles. The maximum Gasteiger partial charge on any atom is 0.248 e. The van der Waals surface area contributed by atoms with Crippen molar-refractivity contribution in [3.63, 3.8) is 0 Å². The van der Waals surface area contributed by atoms with Crippen molar-refractivity contribution in [3.05, 3.63) is 0 Å². The van der Waals surface area contributed by atoms with Crippen LogP contribution in [0.2, 0.25) is 0 Å². The van der Waals surface area contributed by atoms with Crippen LogP contribution in [-0.4, -0.2) is 30.8 Å². The van der Waals surface area contributed by atoms with E-state index in [9.17, 15) is 13.9 Å². The number of aliphatic hydroxyl groups excluding tert-OH is 1. The molecule has 96 valence electrons. The van der Waals surface area contributed by atoms with Gasteiger partial charge in [0.2, 0.25) is 5.92 Å². The molecule has 1 saturated carbocycles. The van der Waals surface area contributed by atoms with Gasteiger partial charge in [0.25, 0.3) is 0 Å². The highest BCUT2D eigenvalue weighted by atomic mass is 19.3. The summed E-state index contributed by atoms with van der Waals surface area (Å²) < 4.78 is 30.8. The van der Waals surface area contributed by atoms with Gasteiger partial charge in [-0.25, -0.2) is 8.78 Å². The standard InChI is InChI=1S/C12H22F2O2/c1-9(5-8-16-2)11(15)10-3-6-12(13,14)7-4-10/h9-11,15H,3-8H2,1-2H3. The highest BCUT2D eigenvalue weighted by molar-refractivity contribution is 4.83. The average Bonchev–Trinajstić information content (AvgIpc) is 2.25. The second-order valence-corrected chi connectivity index (χ2v) is 4.94. The van der Waals surface area contributed by atoms with Crippen LogP contribution in [-0.2, 0) is 4.74 Å². The SMILES string of the molecule is COCCC(C)C(O)C1CCC(F)(F)CC1. The molecule has 0 amide bonds. The third kappa shape index (κ3) is 3.98. The Balaban J connectivity index is 2.34. The molecule has 0 spiro atoms. The molecule has 0 aromatic heterocycles. The summed E-state index contributed by atoms with van der Waals surface area (Å²) in [5.74, 6) is -2.35. The molecule has 0 aromatic rings. The van der Waals surface area contributed by atoms with E-state index in [4.69, 9.17) is 4.74 Å². The van der Waals surface area contributed by atoms with E-state index in [1.165, 1.54) is 0 Å². The fourth-order valence-corrected chi connectivity index (χ4v) is 2.34. The van der Waals surface area contributed by atoms with Crippen LogP contribution in [0.3, 0.4) is 0 Å². The molecular formula is C12H22F2O2. The minimum Gasteiger partial charge on any atom is -0.393 e. The molecule has 0 aromatic carbocycles. The van der Waals surface area contributed by atoms with Crippen LogP contribution in [0, 0.1) is 11.8 Å². The number of alkyl halides is 2. The van der Waals surface area contributed by atoms with Crippen LogP contribution in [0.1, 0.15) is 39.0 Å². The molecule has 0 radical (unpaired) electrons. The van der Waals surface area contributed by atoms with Crippen LogP contribution >= 0.6 is 0 Å². The lowest BCUT2D eigenvalue weighted by atomic mass is 9.79. The minimum absolute atomic E-state index is 0.0338. The van der Waals surface area contributed by atoms with Gasteiger partial charge in [-0.15, -0.1) is 0 Å². The predicted molar refractivity (Wildman–Crippen MR) is 58.6 cm³/mol. The summed E-state index contributed by atoms with van der Waals surface area (Å²) in [4.78, 5) is 0. The summed E-state index contributed by atoms with van der Waals surface area (Å²) in [6, 6.07) is 0. The largest absolute Gasteiger partial charge is 0.393 e. The predicted octanol–water partition coefficient (Wildman–Crippen LogP) is 2.85. The molecule has 2 unspecified atom stereocenters. The third-order valence-corrected chi connectivity index (χ3v) is 3.61. The van der Waals surface area contributed by atoms with Crippen molar-refractivity contribution in [2.24, 2.45) is 11.8 Å². The van der Waals surface area contributed by atoms with E-state index in [2.05, 4.69) is 0 Å². The summed E-state index contributed by atoms with van der Waals surface area (Å²) in [6.45, 7) is 2.57. The first-order valence-corrected chi connectivity index (χ1v) is 6.01. The van der Waals surface area contributed by atoms with Crippen LogP contribution in [0.25, 0.3) is 0 Å². The topological polar surface area (TPSA) is 29.5 Å². The number of aliphatic hydroxyl groups is 1. The van der Waals surface area contributed by atoms with Gasteiger partial charge in [0, 0.05) is 26.6 Å². The Morgan fingerprint density at radius 1 is 1.38 bits per heavy atom. The van der Waals surface area contributed by atoms with Gasteiger partial charge in [-0.1, -0.05) is 6.92 Å². The van der Waals surface area contributed by atoms with Crippen molar-refractivity contribution in [1.29, 1.82) is 0 Å². The monoisotopic (exact) mass is 236 g/mol. The van der Waals surface area contributed by atoms with Crippen molar-refractivity contribution in [3.8, 4) is 0 Å². The van der Waals surface area contributed by atoms with E-state index in [-0.39, 0.29) is 24.7 Å². The Morgan fingerprint density at radius 2 is 1.94 bits per heavy atom. The molecule has 16 heavy (non-hydrogen) atoms. The zero-order chi connectivity index (χ0) is 12.2. The lowest BCUT2D eigenvalue weighted by molar-refractivity contribution is -0.0706. The summed E-state index contributed by atoms with van der Waals surface area (Å²) in [6.07, 6.45) is 1.03. The van der Waals surface area contributed by atoms with Gasteiger partial charge in [0.1, 0.15) is 0 Å². The second-order valence-electron chi connectivity index (χ2n) is 4.94. The molecule has 0 saturated heterocycles. The van der Waals surface area contributed by atoms with E-state index in [0.29, 0.717) is 19.4 Å². The first-order valence-electron chi connectivity index (χ1n) is 6.01. The molecule has 2 atom stereocenters. The number of hydrogen-bond donors (Lipinski definition) is 1. The molecule has 1 aliphatic rings. The smallest absolute Gasteiger partial charge is 0.248 e. The Morgan fingerprint density at radius 3 is 2.44 bits per heavy atom. The number of ether oxygens (including phenoxy) is 1. The first-order chi connectivity index (χ1) is 7.46. The van der Waals surface area contributed by atoms with E-state index >= 15 is 0 Å². The van der Waals surface area contributed by atoms with Crippen molar-refractivity contribution < 1.29 is 18.6 Å². The van der Waals surface area contributed by atoms with E-state index in [1.807, 2.05) is 6.92 Å². The Hall–Kier alpha value is -0.220. The third-order valence-electron chi connectivity index (χ3n) is 3.61. The van der Waals surface area contributed by atoms with Crippen molar-refractivity contribution >= 4 is 0 Å². The average molecular weight is 236 g/mol. The lowest BCUT2D eigenvalue weighted by Gasteiger charge is -2.33. The molecule has 1 N–H and O–H groups in total. The van der Waals surface area contributed by atoms with Gasteiger partial charge < -0.3 is 9.84 Å². The maximum absolute atomic E-state index is 12.9. The van der Waals surface area contributed by atoms with Gasteiger partial charge in [-0.2, -0.15) is 0 Å². The lowest BCUT2D eigenvalue weighted by Crippen LogP contribution is -2.34. The van der Waals surface area contributed by atoms with Crippen molar-refractivity contribution in [1.82, 2.24) is 0 Å². The normalized spacial score (nSPS) is 25.3. The molecule has 1 aliphatic carbocycles. The number of hydrogen-bond acceptors (Lipinski definition) is 2. The fourth-order valence-electron chi connectivity index (χ4n) is 2.34. The van der Waals surface area contributed by atoms with Gasteiger partial charge in [-0.3, -0.25) is 0 Å². The van der Waals surface area contributed by atoms with Crippen molar-refractivity contribution in [2.45, 2.75) is 51.1 Å². The molecule has 1 fully saturated rings. The Kier molecular flexibility index (Phi) is 5.12. The molecule has 0 aliphatic heterocycles. The van der Waals surface area contributed by atoms with Gasteiger partial charge >= 0.3 is 0 Å². The minimum atomic E-state index is -2.51. The highest BCUT2D eigenvalue weighted by Gasteiger charge is 2.38. The van der Waals surface area contributed by atoms with Gasteiger partial charge in [0.15, 0.2) is 0 Å². The van der Waals surface area contributed by atoms with Crippen LogP contribution < -0.4 is 0 Å². The number of halogens is 2. The quantitative estimate of drug-likeness (QED) is 0.795. The second kappa shape index (κ2) is 5.92.